The van der Waals surface area contributed by atoms with Gasteiger partial charge in [0.1, 0.15) is 5.82 Å². The van der Waals surface area contributed by atoms with Crippen molar-refractivity contribution >= 4 is 11.8 Å². The van der Waals surface area contributed by atoms with Crippen molar-refractivity contribution in [3.05, 3.63) is 35.1 Å². The summed E-state index contributed by atoms with van der Waals surface area (Å²) < 4.78 is 14.0. The first-order chi connectivity index (χ1) is 12.6. The van der Waals surface area contributed by atoms with Crippen LogP contribution in [0.4, 0.5) is 4.39 Å². The van der Waals surface area contributed by atoms with E-state index in [0.717, 1.165) is 37.9 Å². The van der Waals surface area contributed by atoms with Gasteiger partial charge in [-0.25, -0.2) is 4.39 Å². The number of benzene rings is 1. The number of hydrogen-bond donors (Lipinski definition) is 2. The summed E-state index contributed by atoms with van der Waals surface area (Å²) in [5.74, 6) is -0.753. The Morgan fingerprint density at radius 1 is 1.26 bits per heavy atom. The average Bonchev–Trinajstić information content (AvgIpc) is 3.19. The van der Waals surface area contributed by atoms with E-state index in [1.54, 1.807) is 19.1 Å². The molecule has 148 valence electrons. The highest BCUT2D eigenvalue weighted by Gasteiger charge is 2.55. The summed E-state index contributed by atoms with van der Waals surface area (Å²) in [6.45, 7) is 9.85. The Balaban J connectivity index is 1.48. The SMILES string of the molecule is Cc1ccc(C(=O)NC2CC23CCN(CC(=O)NC(C)(C)C)CC3)c(F)c1. The number of amides is 2. The van der Waals surface area contributed by atoms with E-state index in [2.05, 4.69) is 15.5 Å². The number of nitrogens with one attached hydrogen (secondary N) is 2. The van der Waals surface area contributed by atoms with Crippen LogP contribution in [0.3, 0.4) is 0 Å². The van der Waals surface area contributed by atoms with Crippen LogP contribution in [0.5, 0.6) is 0 Å². The van der Waals surface area contributed by atoms with Gasteiger partial charge in [-0.05, 0) is 83.2 Å². The molecule has 2 amide bonds. The molecule has 1 aliphatic carbocycles. The second-order valence-corrected chi connectivity index (χ2v) is 9.15. The van der Waals surface area contributed by atoms with Crippen LogP contribution in [0.25, 0.3) is 0 Å². The minimum absolute atomic E-state index is 0.0499. The summed E-state index contributed by atoms with van der Waals surface area (Å²) in [5, 5.41) is 5.99. The maximum atomic E-state index is 14.0. The molecule has 1 atom stereocenters. The fourth-order valence-corrected chi connectivity index (χ4v) is 3.96. The van der Waals surface area contributed by atoms with Crippen LogP contribution in [-0.2, 0) is 4.79 Å². The molecule has 2 N–H and O–H groups in total. The molecule has 1 aromatic carbocycles. The summed E-state index contributed by atoms with van der Waals surface area (Å²) in [4.78, 5) is 26.6. The molecule has 0 aromatic heterocycles. The Hall–Kier alpha value is -1.95. The molecule has 1 unspecified atom stereocenters. The van der Waals surface area contributed by atoms with Gasteiger partial charge in [0.25, 0.3) is 5.91 Å². The summed E-state index contributed by atoms with van der Waals surface area (Å²) in [6.07, 6.45) is 2.85. The van der Waals surface area contributed by atoms with Crippen molar-refractivity contribution in [2.45, 2.75) is 58.5 Å². The highest BCUT2D eigenvalue weighted by atomic mass is 19.1. The van der Waals surface area contributed by atoms with Crippen molar-refractivity contribution in [3.8, 4) is 0 Å². The maximum Gasteiger partial charge on any atom is 0.254 e. The van der Waals surface area contributed by atoms with Gasteiger partial charge in [-0.1, -0.05) is 6.07 Å². The van der Waals surface area contributed by atoms with Crippen molar-refractivity contribution in [1.29, 1.82) is 0 Å². The molecule has 27 heavy (non-hydrogen) atoms. The van der Waals surface area contributed by atoms with E-state index in [4.69, 9.17) is 0 Å². The van der Waals surface area contributed by atoms with E-state index < -0.39 is 5.82 Å². The lowest BCUT2D eigenvalue weighted by Crippen LogP contribution is -2.48. The van der Waals surface area contributed by atoms with Crippen LogP contribution in [0.2, 0.25) is 0 Å². The van der Waals surface area contributed by atoms with Gasteiger partial charge in [-0.2, -0.15) is 0 Å². The van der Waals surface area contributed by atoms with Gasteiger partial charge in [-0.15, -0.1) is 0 Å². The van der Waals surface area contributed by atoms with Crippen molar-refractivity contribution in [2.75, 3.05) is 19.6 Å². The Labute approximate surface area is 160 Å². The number of nitrogens with zero attached hydrogens (tertiary/aromatic N) is 1. The summed E-state index contributed by atoms with van der Waals surface area (Å²) >= 11 is 0. The van der Waals surface area contributed by atoms with Crippen LogP contribution in [0.1, 0.15) is 56.0 Å². The second kappa shape index (κ2) is 7.23. The zero-order valence-corrected chi connectivity index (χ0v) is 16.7. The number of likely N-dealkylation sites (tertiary alicyclic amines) is 1. The lowest BCUT2D eigenvalue weighted by molar-refractivity contribution is -0.124. The van der Waals surface area contributed by atoms with Crippen molar-refractivity contribution < 1.29 is 14.0 Å². The standard InChI is InChI=1S/C21H30FN3O2/c1-14-5-6-15(16(22)11-14)19(27)23-17-12-21(17)7-9-25(10-8-21)13-18(26)24-20(2,3)4/h5-6,11,17H,7-10,12-13H2,1-4H3,(H,23,27)(H,24,26). The third-order valence-corrected chi connectivity index (χ3v) is 5.60. The molecule has 1 spiro atoms. The molecule has 0 radical (unpaired) electrons. The molecule has 2 fully saturated rings. The Morgan fingerprint density at radius 3 is 2.52 bits per heavy atom. The molecule has 1 saturated heterocycles. The fraction of sp³-hybridized carbons (Fsp3) is 0.619. The van der Waals surface area contributed by atoms with Crippen LogP contribution < -0.4 is 10.6 Å². The Morgan fingerprint density at radius 2 is 1.93 bits per heavy atom. The molecule has 5 nitrogen and oxygen atoms in total. The van der Waals surface area contributed by atoms with E-state index in [1.165, 1.54) is 6.07 Å². The highest BCUT2D eigenvalue weighted by molar-refractivity contribution is 5.95. The smallest absolute Gasteiger partial charge is 0.254 e. The van der Waals surface area contributed by atoms with E-state index >= 15 is 0 Å². The number of halogens is 1. The molecule has 3 rings (SSSR count). The minimum atomic E-state index is -0.470. The number of hydrogen-bond acceptors (Lipinski definition) is 3. The first kappa shape index (κ1) is 19.8. The van der Waals surface area contributed by atoms with Gasteiger partial charge >= 0.3 is 0 Å². The van der Waals surface area contributed by atoms with E-state index in [1.807, 2.05) is 20.8 Å². The highest BCUT2D eigenvalue weighted by Crippen LogP contribution is 2.53. The molecule has 1 heterocycles. The average molecular weight is 375 g/mol. The zero-order chi connectivity index (χ0) is 19.8. The van der Waals surface area contributed by atoms with Gasteiger partial charge in [0.15, 0.2) is 0 Å². The van der Waals surface area contributed by atoms with Gasteiger partial charge in [0.05, 0.1) is 12.1 Å². The van der Waals surface area contributed by atoms with E-state index in [9.17, 15) is 14.0 Å². The number of carbonyl (C=O) groups is 2. The number of carbonyl (C=O) groups excluding carboxylic acids is 2. The maximum absolute atomic E-state index is 14.0. The van der Waals surface area contributed by atoms with Crippen LogP contribution in [0.15, 0.2) is 18.2 Å². The predicted molar refractivity (Wildman–Crippen MR) is 103 cm³/mol. The lowest BCUT2D eigenvalue weighted by atomic mass is 9.92. The number of aryl methyl sites for hydroxylation is 1. The van der Waals surface area contributed by atoms with Crippen LogP contribution in [0, 0.1) is 18.2 Å². The molecule has 2 aliphatic rings. The third kappa shape index (κ3) is 4.86. The predicted octanol–water partition coefficient (Wildman–Crippen LogP) is 2.63. The molecule has 0 bridgehead atoms. The minimum Gasteiger partial charge on any atom is -0.350 e. The molecular formula is C21H30FN3O2. The van der Waals surface area contributed by atoms with Crippen molar-refractivity contribution in [1.82, 2.24) is 15.5 Å². The number of piperidine rings is 1. The van der Waals surface area contributed by atoms with Crippen LogP contribution in [-0.4, -0.2) is 47.9 Å². The largest absolute Gasteiger partial charge is 0.350 e. The van der Waals surface area contributed by atoms with Gasteiger partial charge in [-0.3, -0.25) is 14.5 Å². The fourth-order valence-electron chi connectivity index (χ4n) is 3.96. The molecule has 1 saturated carbocycles. The van der Waals surface area contributed by atoms with E-state index in [-0.39, 0.29) is 34.4 Å². The normalized spacial score (nSPS) is 21.7. The monoisotopic (exact) mass is 375 g/mol. The van der Waals surface area contributed by atoms with Gasteiger partial charge < -0.3 is 10.6 Å². The molecule has 6 heteroatoms. The van der Waals surface area contributed by atoms with E-state index in [0.29, 0.717) is 6.54 Å². The van der Waals surface area contributed by atoms with Gasteiger partial charge in [0.2, 0.25) is 5.91 Å². The Bertz CT molecular complexity index is 733. The Kier molecular flexibility index (Phi) is 5.30. The molecule has 1 aromatic rings. The van der Waals surface area contributed by atoms with Crippen LogP contribution >= 0.6 is 0 Å². The third-order valence-electron chi connectivity index (χ3n) is 5.60. The lowest BCUT2D eigenvalue weighted by Gasteiger charge is -2.33. The quantitative estimate of drug-likeness (QED) is 0.850. The number of rotatable bonds is 4. The first-order valence-corrected chi connectivity index (χ1v) is 9.68. The topological polar surface area (TPSA) is 61.4 Å². The first-order valence-electron chi connectivity index (χ1n) is 9.68. The molecule has 1 aliphatic heterocycles. The zero-order valence-electron chi connectivity index (χ0n) is 16.7. The second-order valence-electron chi connectivity index (χ2n) is 9.15. The van der Waals surface area contributed by atoms with Crippen molar-refractivity contribution in [2.24, 2.45) is 5.41 Å². The summed E-state index contributed by atoms with van der Waals surface area (Å²) in [7, 11) is 0. The van der Waals surface area contributed by atoms with Gasteiger partial charge in [0, 0.05) is 11.6 Å². The van der Waals surface area contributed by atoms with Crippen molar-refractivity contribution in [3.63, 3.8) is 0 Å². The summed E-state index contributed by atoms with van der Waals surface area (Å²) in [5.41, 5.74) is 0.813. The molecular weight excluding hydrogens is 345 g/mol. The summed E-state index contributed by atoms with van der Waals surface area (Å²) in [6, 6.07) is 4.79.